The maximum atomic E-state index is 12.9. The number of hydrogen-bond acceptors (Lipinski definition) is 3. The Labute approximate surface area is 122 Å². The van der Waals surface area contributed by atoms with Gasteiger partial charge in [0.15, 0.2) is 0 Å². The summed E-state index contributed by atoms with van der Waals surface area (Å²) < 4.78 is 0. The van der Waals surface area contributed by atoms with Gasteiger partial charge in [-0.15, -0.1) is 0 Å². The summed E-state index contributed by atoms with van der Waals surface area (Å²) in [6, 6.07) is 0.426. The van der Waals surface area contributed by atoms with E-state index in [-0.39, 0.29) is 11.7 Å². The second kappa shape index (κ2) is 4.99. The Morgan fingerprint density at radius 3 is 2.65 bits per heavy atom. The van der Waals surface area contributed by atoms with Gasteiger partial charge in [0.1, 0.15) is 0 Å². The Bertz CT molecular complexity index is 391. The maximum absolute atomic E-state index is 12.9. The number of piperidine rings is 1. The largest absolute Gasteiger partial charge is 0.322 e. The second-order valence-electron chi connectivity index (χ2n) is 7.68. The number of nitrogens with zero attached hydrogens (tertiary/aromatic N) is 2. The fourth-order valence-electron chi connectivity index (χ4n) is 4.08. The highest BCUT2D eigenvalue weighted by Crippen LogP contribution is 2.45. The molecule has 3 fully saturated rings. The summed E-state index contributed by atoms with van der Waals surface area (Å²) >= 11 is 0. The van der Waals surface area contributed by atoms with Crippen molar-refractivity contribution in [3.63, 3.8) is 0 Å². The van der Waals surface area contributed by atoms with E-state index >= 15 is 0 Å². The number of amides is 1. The van der Waals surface area contributed by atoms with E-state index in [9.17, 15) is 4.79 Å². The van der Waals surface area contributed by atoms with Crippen molar-refractivity contribution in [2.45, 2.75) is 64.2 Å². The summed E-state index contributed by atoms with van der Waals surface area (Å²) in [5.74, 6) is 1.59. The van der Waals surface area contributed by atoms with Gasteiger partial charge in [0, 0.05) is 12.6 Å². The van der Waals surface area contributed by atoms with Gasteiger partial charge >= 0.3 is 0 Å². The highest BCUT2D eigenvalue weighted by atomic mass is 16.2. The highest BCUT2D eigenvalue weighted by molar-refractivity contribution is 5.92. The molecule has 2 saturated heterocycles. The zero-order valence-corrected chi connectivity index (χ0v) is 13.4. The number of rotatable bonds is 3. The molecule has 0 aromatic carbocycles. The molecule has 3 rings (SSSR count). The molecule has 1 spiro atoms. The van der Waals surface area contributed by atoms with Crippen LogP contribution in [0.25, 0.3) is 0 Å². The van der Waals surface area contributed by atoms with E-state index in [0.29, 0.717) is 23.8 Å². The van der Waals surface area contributed by atoms with E-state index in [1.807, 2.05) is 0 Å². The SMILES string of the molecule is CC(C)CC1NC2(CC2)C(=O)N1C1CCN(C)CC1C. The molecule has 1 saturated carbocycles. The van der Waals surface area contributed by atoms with E-state index in [1.54, 1.807) is 0 Å². The van der Waals surface area contributed by atoms with Crippen molar-refractivity contribution in [1.29, 1.82) is 0 Å². The highest BCUT2D eigenvalue weighted by Gasteiger charge is 2.60. The summed E-state index contributed by atoms with van der Waals surface area (Å²) in [5.41, 5.74) is -0.164. The minimum absolute atomic E-state index is 0.164. The Hall–Kier alpha value is -0.610. The molecule has 1 aliphatic carbocycles. The monoisotopic (exact) mass is 279 g/mol. The first kappa shape index (κ1) is 14.3. The minimum Gasteiger partial charge on any atom is -0.322 e. The smallest absolute Gasteiger partial charge is 0.244 e. The van der Waals surface area contributed by atoms with Gasteiger partial charge in [-0.25, -0.2) is 0 Å². The fourth-order valence-corrected chi connectivity index (χ4v) is 4.08. The summed E-state index contributed by atoms with van der Waals surface area (Å²) in [7, 11) is 2.19. The number of carbonyl (C=O) groups is 1. The van der Waals surface area contributed by atoms with Crippen molar-refractivity contribution in [3.05, 3.63) is 0 Å². The van der Waals surface area contributed by atoms with Gasteiger partial charge in [-0.2, -0.15) is 0 Å². The molecule has 1 amide bonds. The van der Waals surface area contributed by atoms with Gasteiger partial charge in [-0.1, -0.05) is 20.8 Å². The number of nitrogens with one attached hydrogen (secondary N) is 1. The van der Waals surface area contributed by atoms with Gasteiger partial charge in [0.2, 0.25) is 5.91 Å². The molecule has 2 heterocycles. The van der Waals surface area contributed by atoms with E-state index in [0.717, 1.165) is 38.8 Å². The molecule has 3 unspecified atom stereocenters. The molecule has 3 atom stereocenters. The molecule has 0 aromatic heterocycles. The van der Waals surface area contributed by atoms with Gasteiger partial charge < -0.3 is 9.80 Å². The normalized spacial score (nSPS) is 37.1. The Kier molecular flexibility index (Phi) is 3.57. The molecule has 3 aliphatic rings. The van der Waals surface area contributed by atoms with Crippen LogP contribution in [-0.2, 0) is 4.79 Å². The van der Waals surface area contributed by atoms with Crippen LogP contribution < -0.4 is 5.32 Å². The lowest BCUT2D eigenvalue weighted by Crippen LogP contribution is -2.53. The fraction of sp³-hybridized carbons (Fsp3) is 0.938. The molecule has 114 valence electrons. The summed E-state index contributed by atoms with van der Waals surface area (Å²) in [6.07, 6.45) is 4.54. The minimum atomic E-state index is -0.164. The second-order valence-corrected chi connectivity index (χ2v) is 7.68. The van der Waals surface area contributed by atoms with Crippen LogP contribution in [0, 0.1) is 11.8 Å². The summed E-state index contributed by atoms with van der Waals surface area (Å²) in [6.45, 7) is 9.02. The maximum Gasteiger partial charge on any atom is 0.244 e. The van der Waals surface area contributed by atoms with Crippen molar-refractivity contribution in [2.75, 3.05) is 20.1 Å². The van der Waals surface area contributed by atoms with Crippen molar-refractivity contribution in [1.82, 2.24) is 15.1 Å². The topological polar surface area (TPSA) is 35.6 Å². The van der Waals surface area contributed by atoms with E-state index in [2.05, 4.69) is 42.9 Å². The van der Waals surface area contributed by atoms with Crippen LogP contribution in [0.5, 0.6) is 0 Å². The zero-order chi connectivity index (χ0) is 14.5. The van der Waals surface area contributed by atoms with Crippen LogP contribution in [-0.4, -0.2) is 53.6 Å². The van der Waals surface area contributed by atoms with Crippen molar-refractivity contribution < 1.29 is 4.79 Å². The average molecular weight is 279 g/mol. The van der Waals surface area contributed by atoms with Crippen LogP contribution in [0.1, 0.15) is 46.5 Å². The third-order valence-electron chi connectivity index (χ3n) is 5.29. The van der Waals surface area contributed by atoms with Crippen LogP contribution in [0.4, 0.5) is 0 Å². The van der Waals surface area contributed by atoms with Crippen LogP contribution in [0.3, 0.4) is 0 Å². The van der Waals surface area contributed by atoms with Crippen molar-refractivity contribution in [3.8, 4) is 0 Å². The van der Waals surface area contributed by atoms with E-state index in [1.165, 1.54) is 0 Å². The number of carbonyl (C=O) groups excluding carboxylic acids is 1. The van der Waals surface area contributed by atoms with Gasteiger partial charge in [0.25, 0.3) is 0 Å². The van der Waals surface area contributed by atoms with Crippen LogP contribution in [0.15, 0.2) is 0 Å². The standard InChI is InChI=1S/C16H29N3O/c1-11(2)9-14-17-16(6-7-16)15(20)19(14)13-5-8-18(4)10-12(13)3/h11-14,17H,5-10H2,1-4H3. The third kappa shape index (κ3) is 2.37. The first-order valence-electron chi connectivity index (χ1n) is 8.22. The summed E-state index contributed by atoms with van der Waals surface area (Å²) in [4.78, 5) is 17.5. The molecule has 0 bridgehead atoms. The van der Waals surface area contributed by atoms with E-state index in [4.69, 9.17) is 0 Å². The molecule has 20 heavy (non-hydrogen) atoms. The summed E-state index contributed by atoms with van der Waals surface area (Å²) in [5, 5.41) is 3.66. The molecular weight excluding hydrogens is 250 g/mol. The first-order chi connectivity index (χ1) is 9.43. The molecule has 4 heteroatoms. The molecule has 0 radical (unpaired) electrons. The van der Waals surface area contributed by atoms with E-state index < -0.39 is 0 Å². The number of hydrogen-bond donors (Lipinski definition) is 1. The predicted molar refractivity (Wildman–Crippen MR) is 80.3 cm³/mol. The quantitative estimate of drug-likeness (QED) is 0.853. The lowest BCUT2D eigenvalue weighted by Gasteiger charge is -2.42. The Morgan fingerprint density at radius 2 is 2.10 bits per heavy atom. The Morgan fingerprint density at radius 1 is 1.40 bits per heavy atom. The lowest BCUT2D eigenvalue weighted by atomic mass is 9.91. The first-order valence-corrected chi connectivity index (χ1v) is 8.22. The molecule has 4 nitrogen and oxygen atoms in total. The molecular formula is C16H29N3O. The number of likely N-dealkylation sites (tertiary alicyclic amines) is 1. The average Bonchev–Trinajstić information content (AvgIpc) is 3.07. The van der Waals surface area contributed by atoms with Crippen LogP contribution in [0.2, 0.25) is 0 Å². The third-order valence-corrected chi connectivity index (χ3v) is 5.29. The lowest BCUT2D eigenvalue weighted by molar-refractivity contribution is -0.135. The van der Waals surface area contributed by atoms with Crippen molar-refractivity contribution >= 4 is 5.91 Å². The molecule has 1 N–H and O–H groups in total. The molecule has 2 aliphatic heterocycles. The van der Waals surface area contributed by atoms with Gasteiger partial charge in [-0.3, -0.25) is 10.1 Å². The molecule has 0 aromatic rings. The Balaban J connectivity index is 1.79. The van der Waals surface area contributed by atoms with Crippen LogP contribution >= 0.6 is 0 Å². The zero-order valence-electron chi connectivity index (χ0n) is 13.4. The van der Waals surface area contributed by atoms with Gasteiger partial charge in [-0.05, 0) is 51.1 Å². The van der Waals surface area contributed by atoms with Gasteiger partial charge in [0.05, 0.1) is 11.7 Å². The predicted octanol–water partition coefficient (Wildman–Crippen LogP) is 1.66. The van der Waals surface area contributed by atoms with Crippen molar-refractivity contribution in [2.24, 2.45) is 11.8 Å².